The number of hydrogen-bond donors (Lipinski definition) is 1. The Bertz CT molecular complexity index is 438. The summed E-state index contributed by atoms with van der Waals surface area (Å²) < 4.78 is 5.34. The Labute approximate surface area is 129 Å². The minimum Gasteiger partial charge on any atom is -0.497 e. The monoisotopic (exact) mass is 291 g/mol. The molecule has 1 N–H and O–H groups in total. The molecule has 1 aliphatic rings. The molecule has 0 amide bonds. The van der Waals surface area contributed by atoms with Gasteiger partial charge in [0.25, 0.3) is 0 Å². The largest absolute Gasteiger partial charge is 0.497 e. The number of likely N-dealkylation sites (N-methyl/N-ethyl adjacent to an activating group) is 2. The van der Waals surface area contributed by atoms with E-state index in [1.165, 1.54) is 12.0 Å². The number of piperazine rings is 1. The van der Waals surface area contributed by atoms with Gasteiger partial charge in [0.15, 0.2) is 0 Å². The van der Waals surface area contributed by atoms with Gasteiger partial charge in [-0.15, -0.1) is 0 Å². The highest BCUT2D eigenvalue weighted by Crippen LogP contribution is 2.21. The first kappa shape index (κ1) is 16.3. The zero-order valence-corrected chi connectivity index (χ0v) is 13.8. The van der Waals surface area contributed by atoms with Gasteiger partial charge in [0, 0.05) is 38.3 Å². The number of rotatable bonds is 6. The molecule has 1 aromatic rings. The van der Waals surface area contributed by atoms with E-state index in [9.17, 15) is 0 Å². The SMILES string of the molecule is CCC1CN(CC(NC)c2cccc(OC)c2)CCN1C. The number of methoxy groups -OCH3 is 1. The lowest BCUT2D eigenvalue weighted by molar-refractivity contribution is 0.0865. The summed E-state index contributed by atoms with van der Waals surface area (Å²) in [4.78, 5) is 5.06. The number of hydrogen-bond acceptors (Lipinski definition) is 4. The van der Waals surface area contributed by atoms with Crippen LogP contribution < -0.4 is 10.1 Å². The summed E-state index contributed by atoms with van der Waals surface area (Å²) in [5, 5.41) is 3.45. The lowest BCUT2D eigenvalue weighted by Crippen LogP contribution is -2.52. The molecule has 0 saturated carbocycles. The van der Waals surface area contributed by atoms with Crippen molar-refractivity contribution in [2.75, 3.05) is 47.4 Å². The van der Waals surface area contributed by atoms with Gasteiger partial charge in [-0.1, -0.05) is 19.1 Å². The van der Waals surface area contributed by atoms with Crippen LogP contribution in [0.4, 0.5) is 0 Å². The van der Waals surface area contributed by atoms with E-state index in [1.807, 2.05) is 13.1 Å². The summed E-state index contributed by atoms with van der Waals surface area (Å²) in [7, 11) is 6.00. The molecule has 0 aromatic heterocycles. The fourth-order valence-electron chi connectivity index (χ4n) is 3.10. The average molecular weight is 291 g/mol. The van der Waals surface area contributed by atoms with Gasteiger partial charge < -0.3 is 15.0 Å². The van der Waals surface area contributed by atoms with Crippen LogP contribution in [0, 0.1) is 0 Å². The molecule has 1 aliphatic heterocycles. The molecule has 0 radical (unpaired) electrons. The van der Waals surface area contributed by atoms with Crippen LogP contribution in [-0.4, -0.2) is 63.2 Å². The van der Waals surface area contributed by atoms with Gasteiger partial charge in [-0.3, -0.25) is 4.90 Å². The molecule has 0 spiro atoms. The summed E-state index contributed by atoms with van der Waals surface area (Å²) in [6.07, 6.45) is 1.22. The van der Waals surface area contributed by atoms with E-state index in [2.05, 4.69) is 47.3 Å². The lowest BCUT2D eigenvalue weighted by Gasteiger charge is -2.40. The molecule has 0 bridgehead atoms. The van der Waals surface area contributed by atoms with Gasteiger partial charge in [0.2, 0.25) is 0 Å². The third-order valence-corrected chi connectivity index (χ3v) is 4.62. The molecule has 1 saturated heterocycles. The van der Waals surface area contributed by atoms with Crippen molar-refractivity contribution in [1.82, 2.24) is 15.1 Å². The van der Waals surface area contributed by atoms with Crippen LogP contribution in [0.15, 0.2) is 24.3 Å². The number of ether oxygens (including phenoxy) is 1. The molecular formula is C17H29N3O. The van der Waals surface area contributed by atoms with Gasteiger partial charge in [-0.25, -0.2) is 0 Å². The zero-order chi connectivity index (χ0) is 15.2. The van der Waals surface area contributed by atoms with E-state index in [0.717, 1.165) is 31.9 Å². The maximum absolute atomic E-state index is 5.34. The topological polar surface area (TPSA) is 27.7 Å². The Balaban J connectivity index is 2.01. The molecular weight excluding hydrogens is 262 g/mol. The predicted molar refractivity (Wildman–Crippen MR) is 87.9 cm³/mol. The third-order valence-electron chi connectivity index (χ3n) is 4.62. The second-order valence-electron chi connectivity index (χ2n) is 5.92. The Kier molecular flexibility index (Phi) is 6.03. The van der Waals surface area contributed by atoms with E-state index in [-0.39, 0.29) is 0 Å². The van der Waals surface area contributed by atoms with Crippen LogP contribution in [0.2, 0.25) is 0 Å². The van der Waals surface area contributed by atoms with Crippen molar-refractivity contribution in [2.24, 2.45) is 0 Å². The zero-order valence-electron chi connectivity index (χ0n) is 13.8. The van der Waals surface area contributed by atoms with Crippen molar-refractivity contribution < 1.29 is 4.74 Å². The fourth-order valence-corrected chi connectivity index (χ4v) is 3.10. The van der Waals surface area contributed by atoms with E-state index >= 15 is 0 Å². The van der Waals surface area contributed by atoms with Crippen molar-refractivity contribution >= 4 is 0 Å². The molecule has 1 heterocycles. The second-order valence-corrected chi connectivity index (χ2v) is 5.92. The quantitative estimate of drug-likeness (QED) is 0.867. The van der Waals surface area contributed by atoms with E-state index < -0.39 is 0 Å². The van der Waals surface area contributed by atoms with Crippen molar-refractivity contribution in [3.05, 3.63) is 29.8 Å². The van der Waals surface area contributed by atoms with Crippen LogP contribution in [-0.2, 0) is 0 Å². The van der Waals surface area contributed by atoms with Crippen molar-refractivity contribution in [2.45, 2.75) is 25.4 Å². The van der Waals surface area contributed by atoms with E-state index in [1.54, 1.807) is 7.11 Å². The maximum atomic E-state index is 5.34. The minimum atomic E-state index is 0.348. The molecule has 4 nitrogen and oxygen atoms in total. The Hall–Kier alpha value is -1.10. The minimum absolute atomic E-state index is 0.348. The first-order valence-corrected chi connectivity index (χ1v) is 7.91. The summed E-state index contributed by atoms with van der Waals surface area (Å²) in [6.45, 7) is 6.80. The average Bonchev–Trinajstić information content (AvgIpc) is 2.54. The molecule has 21 heavy (non-hydrogen) atoms. The number of nitrogens with one attached hydrogen (secondary N) is 1. The highest BCUT2D eigenvalue weighted by atomic mass is 16.5. The predicted octanol–water partition coefficient (Wildman–Crippen LogP) is 1.98. The van der Waals surface area contributed by atoms with E-state index in [0.29, 0.717) is 12.1 Å². The number of nitrogens with zero attached hydrogens (tertiary/aromatic N) is 2. The first-order chi connectivity index (χ1) is 10.2. The van der Waals surface area contributed by atoms with Crippen LogP contribution in [0.25, 0.3) is 0 Å². The van der Waals surface area contributed by atoms with Crippen LogP contribution in [0.5, 0.6) is 5.75 Å². The van der Waals surface area contributed by atoms with Gasteiger partial charge >= 0.3 is 0 Å². The normalized spacial score (nSPS) is 22.2. The summed E-state index contributed by atoms with van der Waals surface area (Å²) >= 11 is 0. The molecule has 118 valence electrons. The Morgan fingerprint density at radius 3 is 2.86 bits per heavy atom. The maximum Gasteiger partial charge on any atom is 0.119 e. The Morgan fingerprint density at radius 1 is 1.38 bits per heavy atom. The van der Waals surface area contributed by atoms with Crippen molar-refractivity contribution in [3.8, 4) is 5.75 Å². The summed E-state index contributed by atoms with van der Waals surface area (Å²) in [6, 6.07) is 9.41. The van der Waals surface area contributed by atoms with Crippen molar-refractivity contribution in [3.63, 3.8) is 0 Å². The fraction of sp³-hybridized carbons (Fsp3) is 0.647. The molecule has 2 unspecified atom stereocenters. The van der Waals surface area contributed by atoms with Gasteiger partial charge in [0.1, 0.15) is 5.75 Å². The summed E-state index contributed by atoms with van der Waals surface area (Å²) in [5.74, 6) is 0.928. The van der Waals surface area contributed by atoms with E-state index in [4.69, 9.17) is 4.74 Å². The molecule has 2 rings (SSSR count). The molecule has 4 heteroatoms. The van der Waals surface area contributed by atoms with Crippen molar-refractivity contribution in [1.29, 1.82) is 0 Å². The van der Waals surface area contributed by atoms with Crippen LogP contribution in [0.3, 0.4) is 0 Å². The van der Waals surface area contributed by atoms with Crippen LogP contribution in [0.1, 0.15) is 24.9 Å². The highest BCUT2D eigenvalue weighted by Gasteiger charge is 2.24. The van der Waals surface area contributed by atoms with Gasteiger partial charge in [0.05, 0.1) is 7.11 Å². The second kappa shape index (κ2) is 7.78. The standard InChI is InChI=1S/C17H29N3O/c1-5-15-12-20(10-9-19(15)3)13-17(18-2)14-7-6-8-16(11-14)21-4/h6-8,11,15,17-18H,5,9-10,12-13H2,1-4H3. The Morgan fingerprint density at radius 2 is 2.19 bits per heavy atom. The summed E-state index contributed by atoms with van der Waals surface area (Å²) in [5.41, 5.74) is 1.30. The van der Waals surface area contributed by atoms with Gasteiger partial charge in [-0.05, 0) is 38.2 Å². The molecule has 2 atom stereocenters. The highest BCUT2D eigenvalue weighted by molar-refractivity contribution is 5.30. The van der Waals surface area contributed by atoms with Gasteiger partial charge in [-0.2, -0.15) is 0 Å². The van der Waals surface area contributed by atoms with Crippen LogP contribution >= 0.6 is 0 Å². The lowest BCUT2D eigenvalue weighted by atomic mass is 10.0. The first-order valence-electron chi connectivity index (χ1n) is 7.91. The molecule has 0 aliphatic carbocycles. The number of benzene rings is 1. The smallest absolute Gasteiger partial charge is 0.119 e. The molecule has 1 fully saturated rings. The third kappa shape index (κ3) is 4.19. The molecule has 1 aromatic carbocycles.